The van der Waals surface area contributed by atoms with Crippen LogP contribution in [0, 0.1) is 0 Å². The summed E-state index contributed by atoms with van der Waals surface area (Å²) in [4.78, 5) is 26.8. The van der Waals surface area contributed by atoms with E-state index in [9.17, 15) is 9.59 Å². The second-order valence-corrected chi connectivity index (χ2v) is 4.69. The van der Waals surface area contributed by atoms with Crippen molar-refractivity contribution in [3.63, 3.8) is 0 Å². The molecule has 5 heteroatoms. The van der Waals surface area contributed by atoms with Crippen LogP contribution < -0.4 is 11.5 Å². The van der Waals surface area contributed by atoms with E-state index in [2.05, 4.69) is 4.98 Å². The highest BCUT2D eigenvalue weighted by atomic mass is 16.2. The molecule has 0 unspecified atom stereocenters. The predicted octanol–water partition coefficient (Wildman–Crippen LogP) is 1.33. The molecule has 0 radical (unpaired) electrons. The Morgan fingerprint density at radius 2 is 1.78 bits per heavy atom. The predicted molar refractivity (Wildman–Crippen MR) is 67.1 cm³/mol. The van der Waals surface area contributed by atoms with E-state index in [0.29, 0.717) is 0 Å². The number of aromatic nitrogens is 1. The number of hydrogen-bond acceptors (Lipinski definition) is 3. The largest absolute Gasteiger partial charge is 0.366 e. The third kappa shape index (κ3) is 2.34. The number of carbonyl (C=O) groups excluding carboxylic acids is 2. The molecule has 2 rings (SSSR count). The second-order valence-electron chi connectivity index (χ2n) is 4.69. The van der Waals surface area contributed by atoms with E-state index < -0.39 is 11.8 Å². The van der Waals surface area contributed by atoms with Crippen molar-refractivity contribution >= 4 is 11.8 Å². The topological polar surface area (TPSA) is 99.1 Å². The first-order chi connectivity index (χ1) is 8.61. The van der Waals surface area contributed by atoms with Crippen LogP contribution in [0.5, 0.6) is 0 Å². The molecule has 0 aromatic carbocycles. The highest BCUT2D eigenvalue weighted by Gasteiger charge is 2.25. The van der Waals surface area contributed by atoms with E-state index >= 15 is 0 Å². The molecule has 1 aliphatic carbocycles. The van der Waals surface area contributed by atoms with E-state index in [-0.39, 0.29) is 17.2 Å². The fraction of sp³-hybridized carbons (Fsp3) is 0.462. The number of pyridine rings is 1. The Morgan fingerprint density at radius 1 is 1.11 bits per heavy atom. The number of rotatable bonds is 3. The van der Waals surface area contributed by atoms with E-state index in [1.807, 2.05) is 0 Å². The monoisotopic (exact) mass is 247 g/mol. The molecule has 1 heterocycles. The van der Waals surface area contributed by atoms with Gasteiger partial charge < -0.3 is 11.5 Å². The lowest BCUT2D eigenvalue weighted by molar-refractivity contribution is 0.0962. The van der Waals surface area contributed by atoms with Gasteiger partial charge >= 0.3 is 0 Å². The number of carbonyl (C=O) groups is 2. The van der Waals surface area contributed by atoms with Crippen LogP contribution in [0.25, 0.3) is 0 Å². The lowest BCUT2D eigenvalue weighted by Gasteiger charge is -2.24. The Morgan fingerprint density at radius 3 is 2.33 bits per heavy atom. The molecule has 96 valence electrons. The average molecular weight is 247 g/mol. The zero-order valence-electron chi connectivity index (χ0n) is 10.2. The van der Waals surface area contributed by atoms with E-state index in [4.69, 9.17) is 11.5 Å². The average Bonchev–Trinajstić information content (AvgIpc) is 2.38. The molecule has 5 nitrogen and oxygen atoms in total. The number of amides is 2. The van der Waals surface area contributed by atoms with Crippen LogP contribution in [-0.2, 0) is 0 Å². The number of primary amides is 2. The van der Waals surface area contributed by atoms with Crippen LogP contribution in [0.2, 0.25) is 0 Å². The Labute approximate surface area is 106 Å². The molecule has 0 aliphatic heterocycles. The van der Waals surface area contributed by atoms with Gasteiger partial charge in [0.1, 0.15) is 5.69 Å². The van der Waals surface area contributed by atoms with Crippen molar-refractivity contribution in [2.24, 2.45) is 11.5 Å². The summed E-state index contributed by atoms with van der Waals surface area (Å²) in [6.45, 7) is 0. The number of nitrogens with two attached hydrogens (primary N) is 2. The summed E-state index contributed by atoms with van der Waals surface area (Å²) in [6, 6.07) is 1.78. The summed E-state index contributed by atoms with van der Waals surface area (Å²) in [5, 5.41) is 0. The molecular formula is C13H17N3O2. The maximum Gasteiger partial charge on any atom is 0.268 e. The fourth-order valence-corrected chi connectivity index (χ4v) is 2.68. The van der Waals surface area contributed by atoms with Crippen molar-refractivity contribution < 1.29 is 9.59 Å². The zero-order chi connectivity index (χ0) is 13.1. The normalized spacial score (nSPS) is 16.4. The molecule has 4 N–H and O–H groups in total. The van der Waals surface area contributed by atoms with E-state index in [0.717, 1.165) is 31.2 Å². The van der Waals surface area contributed by atoms with Gasteiger partial charge in [0.05, 0.1) is 5.56 Å². The first kappa shape index (κ1) is 12.5. The quantitative estimate of drug-likeness (QED) is 0.842. The van der Waals surface area contributed by atoms with Crippen LogP contribution in [0.1, 0.15) is 64.4 Å². The molecule has 1 aliphatic rings. The van der Waals surface area contributed by atoms with Gasteiger partial charge in [-0.3, -0.25) is 14.6 Å². The van der Waals surface area contributed by atoms with Crippen molar-refractivity contribution in [1.82, 2.24) is 4.98 Å². The van der Waals surface area contributed by atoms with Gasteiger partial charge in [0.25, 0.3) is 11.8 Å². The minimum absolute atomic E-state index is 0.00873. The van der Waals surface area contributed by atoms with Crippen LogP contribution >= 0.6 is 0 Å². The maximum atomic E-state index is 11.6. The van der Waals surface area contributed by atoms with Crippen LogP contribution in [-0.4, -0.2) is 16.8 Å². The molecule has 2 amide bonds. The number of nitrogens with zero attached hydrogens (tertiary/aromatic N) is 1. The first-order valence-corrected chi connectivity index (χ1v) is 6.19. The summed E-state index contributed by atoms with van der Waals surface area (Å²) in [5.41, 5.74) is 11.6. The Bertz CT molecular complexity index is 479. The van der Waals surface area contributed by atoms with Crippen molar-refractivity contribution in [2.75, 3.05) is 0 Å². The Kier molecular flexibility index (Phi) is 3.60. The summed E-state index contributed by atoms with van der Waals surface area (Å²) in [5.74, 6) is -1.05. The second kappa shape index (κ2) is 5.16. The lowest BCUT2D eigenvalue weighted by atomic mass is 9.82. The molecule has 1 aromatic heterocycles. The van der Waals surface area contributed by atoms with Gasteiger partial charge in [-0.15, -0.1) is 0 Å². The van der Waals surface area contributed by atoms with Gasteiger partial charge in [0.2, 0.25) is 0 Å². The Balaban J connectivity index is 2.48. The molecule has 0 bridgehead atoms. The molecule has 18 heavy (non-hydrogen) atoms. The van der Waals surface area contributed by atoms with E-state index in [1.165, 1.54) is 12.6 Å². The van der Waals surface area contributed by atoms with Gasteiger partial charge in [-0.1, -0.05) is 19.3 Å². The molecule has 0 saturated heterocycles. The summed E-state index contributed by atoms with van der Waals surface area (Å²) >= 11 is 0. The van der Waals surface area contributed by atoms with Gasteiger partial charge in [-0.05, 0) is 30.4 Å². The van der Waals surface area contributed by atoms with E-state index in [1.54, 1.807) is 6.07 Å². The highest BCUT2D eigenvalue weighted by molar-refractivity contribution is 6.05. The minimum Gasteiger partial charge on any atom is -0.366 e. The zero-order valence-corrected chi connectivity index (χ0v) is 10.2. The highest BCUT2D eigenvalue weighted by Crippen LogP contribution is 2.34. The van der Waals surface area contributed by atoms with Crippen LogP contribution in [0.3, 0.4) is 0 Å². The summed E-state index contributed by atoms with van der Waals surface area (Å²) < 4.78 is 0. The van der Waals surface area contributed by atoms with Crippen LogP contribution in [0.15, 0.2) is 12.3 Å². The molecule has 0 atom stereocenters. The minimum atomic E-state index is -0.707. The molecule has 0 spiro atoms. The maximum absolute atomic E-state index is 11.6. The van der Waals surface area contributed by atoms with Gasteiger partial charge in [-0.25, -0.2) is 0 Å². The first-order valence-electron chi connectivity index (χ1n) is 6.19. The van der Waals surface area contributed by atoms with Gasteiger partial charge in [0.15, 0.2) is 0 Å². The SMILES string of the molecule is NC(=O)c1nccc(C2CCCCC2)c1C(N)=O. The van der Waals surface area contributed by atoms with Gasteiger partial charge in [-0.2, -0.15) is 0 Å². The number of hydrogen-bond donors (Lipinski definition) is 2. The summed E-state index contributed by atoms with van der Waals surface area (Å²) in [6.07, 6.45) is 7.05. The standard InChI is InChI=1S/C13H17N3O2/c14-12(17)10-9(8-4-2-1-3-5-8)6-7-16-11(10)13(15)18/h6-8H,1-5H2,(H2,14,17)(H2,15,18). The van der Waals surface area contributed by atoms with Crippen molar-refractivity contribution in [3.8, 4) is 0 Å². The Hall–Kier alpha value is -1.91. The molecule has 1 fully saturated rings. The fourth-order valence-electron chi connectivity index (χ4n) is 2.68. The van der Waals surface area contributed by atoms with Crippen molar-refractivity contribution in [1.29, 1.82) is 0 Å². The van der Waals surface area contributed by atoms with Crippen LogP contribution in [0.4, 0.5) is 0 Å². The molecule has 1 aromatic rings. The third-order valence-corrected chi connectivity index (χ3v) is 3.51. The third-order valence-electron chi connectivity index (χ3n) is 3.51. The smallest absolute Gasteiger partial charge is 0.268 e. The summed E-state index contributed by atoms with van der Waals surface area (Å²) in [7, 11) is 0. The molecular weight excluding hydrogens is 230 g/mol. The van der Waals surface area contributed by atoms with Crippen molar-refractivity contribution in [3.05, 3.63) is 29.1 Å². The molecule has 1 saturated carbocycles. The lowest BCUT2D eigenvalue weighted by Crippen LogP contribution is -2.25. The van der Waals surface area contributed by atoms with Crippen molar-refractivity contribution in [2.45, 2.75) is 38.0 Å². The van der Waals surface area contributed by atoms with Gasteiger partial charge in [0, 0.05) is 6.20 Å².